The van der Waals surface area contributed by atoms with Crippen LogP contribution < -0.4 is 10.6 Å². The predicted octanol–water partition coefficient (Wildman–Crippen LogP) is 3.03. The van der Waals surface area contributed by atoms with Crippen LogP contribution in [0.4, 0.5) is 5.82 Å². The summed E-state index contributed by atoms with van der Waals surface area (Å²) in [5.74, 6) is 0.716. The van der Waals surface area contributed by atoms with Crippen LogP contribution in [0.5, 0.6) is 0 Å². The highest BCUT2D eigenvalue weighted by Gasteiger charge is 2.35. The van der Waals surface area contributed by atoms with Gasteiger partial charge in [-0.2, -0.15) is 0 Å². The molecule has 1 saturated heterocycles. The molecule has 2 N–H and O–H groups in total. The van der Waals surface area contributed by atoms with E-state index in [1.165, 1.54) is 7.11 Å². The Balaban J connectivity index is 1.93. The second-order valence-electron chi connectivity index (χ2n) is 10.5. The molecule has 0 aliphatic carbocycles. The maximum Gasteiger partial charge on any atom is 0.310 e. The Hall–Kier alpha value is -3.07. The summed E-state index contributed by atoms with van der Waals surface area (Å²) in [6.07, 6.45) is 5.69. The normalized spacial score (nSPS) is 18.3. The summed E-state index contributed by atoms with van der Waals surface area (Å²) in [5, 5.41) is 6.64. The highest BCUT2D eigenvalue weighted by molar-refractivity contribution is 5.98. The van der Waals surface area contributed by atoms with E-state index in [2.05, 4.69) is 34.4 Å². The molecule has 0 saturated carbocycles. The monoisotopic (exact) mass is 482 g/mol. The number of ether oxygens (including phenoxy) is 1. The Morgan fingerprint density at radius 3 is 2.66 bits per heavy atom. The third kappa shape index (κ3) is 6.97. The first-order valence-corrected chi connectivity index (χ1v) is 12.2. The second kappa shape index (κ2) is 11.6. The first-order chi connectivity index (χ1) is 16.6. The Kier molecular flexibility index (Phi) is 8.77. The van der Waals surface area contributed by atoms with Gasteiger partial charge in [0.2, 0.25) is 0 Å². The molecule has 1 aliphatic rings. The zero-order valence-electron chi connectivity index (χ0n) is 21.7. The van der Waals surface area contributed by atoms with Gasteiger partial charge in [-0.15, -0.1) is 0 Å². The molecule has 35 heavy (non-hydrogen) atoms. The van der Waals surface area contributed by atoms with Crippen LogP contribution >= 0.6 is 0 Å². The summed E-state index contributed by atoms with van der Waals surface area (Å²) in [7, 11) is 1.40. The van der Waals surface area contributed by atoms with E-state index in [0.717, 1.165) is 5.56 Å². The molecule has 1 unspecified atom stereocenters. The Labute approximate surface area is 208 Å². The van der Waals surface area contributed by atoms with Crippen LogP contribution in [0, 0.1) is 11.8 Å². The molecule has 1 aliphatic heterocycles. The van der Waals surface area contributed by atoms with Crippen molar-refractivity contribution in [3.8, 4) is 0 Å². The van der Waals surface area contributed by atoms with E-state index in [0.29, 0.717) is 49.8 Å². The smallest absolute Gasteiger partial charge is 0.310 e. The quantitative estimate of drug-likeness (QED) is 0.553. The number of hydrogen-bond acceptors (Lipinski definition) is 8. The van der Waals surface area contributed by atoms with Crippen LogP contribution in [0.1, 0.15) is 62.8 Å². The van der Waals surface area contributed by atoms with E-state index in [4.69, 9.17) is 9.72 Å². The summed E-state index contributed by atoms with van der Waals surface area (Å²) >= 11 is 0. The number of rotatable bonds is 8. The summed E-state index contributed by atoms with van der Waals surface area (Å²) in [5.41, 5.74) is 1.13. The Morgan fingerprint density at radius 2 is 2.03 bits per heavy atom. The summed E-state index contributed by atoms with van der Waals surface area (Å²) in [4.78, 5) is 41.5. The molecule has 9 heteroatoms. The molecule has 190 valence electrons. The summed E-state index contributed by atoms with van der Waals surface area (Å²) in [6, 6.07) is 3.71. The van der Waals surface area contributed by atoms with Crippen molar-refractivity contribution >= 4 is 17.7 Å². The largest absolute Gasteiger partial charge is 0.469 e. The molecule has 0 spiro atoms. The van der Waals surface area contributed by atoms with Crippen LogP contribution in [0.2, 0.25) is 0 Å². The van der Waals surface area contributed by atoms with Crippen LogP contribution in [0.15, 0.2) is 30.7 Å². The van der Waals surface area contributed by atoms with Gasteiger partial charge in [-0.25, -0.2) is 9.97 Å². The third-order valence-corrected chi connectivity index (χ3v) is 6.00. The van der Waals surface area contributed by atoms with Gasteiger partial charge in [0.25, 0.3) is 5.91 Å². The SMILES string of the molecule is COC(=O)C1CNC[C@@H](N(CC(C)C)C(=O)c2cnc(C(C)(C)C)nc2NCc2cccnc2)C1. The van der Waals surface area contributed by atoms with Crippen LogP contribution in [-0.2, 0) is 21.5 Å². The number of aromatic nitrogens is 3. The zero-order valence-corrected chi connectivity index (χ0v) is 21.7. The predicted molar refractivity (Wildman–Crippen MR) is 135 cm³/mol. The molecule has 0 bridgehead atoms. The first-order valence-electron chi connectivity index (χ1n) is 12.2. The van der Waals surface area contributed by atoms with E-state index >= 15 is 0 Å². The van der Waals surface area contributed by atoms with Gasteiger partial charge < -0.3 is 20.3 Å². The topological polar surface area (TPSA) is 109 Å². The minimum Gasteiger partial charge on any atom is -0.469 e. The molecule has 2 atom stereocenters. The van der Waals surface area contributed by atoms with E-state index in [9.17, 15) is 9.59 Å². The lowest BCUT2D eigenvalue weighted by Gasteiger charge is -2.38. The minimum absolute atomic E-state index is 0.142. The Bertz CT molecular complexity index is 1010. The van der Waals surface area contributed by atoms with Crippen molar-refractivity contribution in [2.45, 2.75) is 59.0 Å². The van der Waals surface area contributed by atoms with Gasteiger partial charge in [0, 0.05) is 56.2 Å². The van der Waals surface area contributed by atoms with Gasteiger partial charge in [-0.1, -0.05) is 40.7 Å². The van der Waals surface area contributed by atoms with Crippen molar-refractivity contribution in [2.75, 3.05) is 32.1 Å². The number of carbonyl (C=O) groups excluding carboxylic acids is 2. The van der Waals surface area contributed by atoms with Gasteiger partial charge in [-0.3, -0.25) is 14.6 Å². The Morgan fingerprint density at radius 1 is 1.26 bits per heavy atom. The highest BCUT2D eigenvalue weighted by atomic mass is 16.5. The number of anilines is 1. The maximum absolute atomic E-state index is 14.0. The number of methoxy groups -OCH3 is 1. The minimum atomic E-state index is -0.288. The van der Waals surface area contributed by atoms with Crippen LogP contribution in [0.25, 0.3) is 0 Å². The van der Waals surface area contributed by atoms with Crippen molar-refractivity contribution < 1.29 is 14.3 Å². The fourth-order valence-corrected chi connectivity index (χ4v) is 4.17. The van der Waals surface area contributed by atoms with Gasteiger partial charge in [-0.05, 0) is 24.0 Å². The summed E-state index contributed by atoms with van der Waals surface area (Å²) < 4.78 is 4.96. The molecule has 2 aromatic heterocycles. The molecule has 1 amide bonds. The number of amides is 1. The van der Waals surface area contributed by atoms with Gasteiger partial charge in [0.05, 0.1) is 13.0 Å². The number of piperidine rings is 1. The number of carbonyl (C=O) groups is 2. The van der Waals surface area contributed by atoms with E-state index in [1.807, 2.05) is 37.8 Å². The average molecular weight is 483 g/mol. The molecule has 3 heterocycles. The van der Waals surface area contributed by atoms with E-state index < -0.39 is 0 Å². The van der Waals surface area contributed by atoms with Crippen molar-refractivity contribution in [3.63, 3.8) is 0 Å². The number of pyridine rings is 1. The lowest BCUT2D eigenvalue weighted by molar-refractivity contribution is -0.146. The molecule has 2 aromatic rings. The maximum atomic E-state index is 14.0. The van der Waals surface area contributed by atoms with Gasteiger partial charge in [0.1, 0.15) is 17.2 Å². The molecule has 3 rings (SSSR count). The molecule has 1 fully saturated rings. The molecular weight excluding hydrogens is 444 g/mol. The molecule has 0 aromatic carbocycles. The lowest BCUT2D eigenvalue weighted by Crippen LogP contribution is -2.53. The number of nitrogens with zero attached hydrogens (tertiary/aromatic N) is 4. The summed E-state index contributed by atoms with van der Waals surface area (Å²) in [6.45, 7) is 12.5. The standard InChI is InChI=1S/C26H38N6O3/c1-17(2)16-32(20-10-19(13-28-14-20)24(34)35-6)23(33)21-15-30-25(26(3,4)5)31-22(21)29-12-18-8-7-9-27-11-18/h7-9,11,15,17,19-20,28H,10,12-14,16H2,1-6H3,(H,29,30,31)/t19?,20-/m0/s1. The molecule has 0 radical (unpaired) electrons. The van der Waals surface area contributed by atoms with Crippen molar-refractivity contribution in [1.29, 1.82) is 0 Å². The molecular formula is C26H38N6O3. The van der Waals surface area contributed by atoms with Crippen molar-refractivity contribution in [3.05, 3.63) is 47.7 Å². The van der Waals surface area contributed by atoms with E-state index in [-0.39, 0.29) is 35.2 Å². The van der Waals surface area contributed by atoms with E-state index in [1.54, 1.807) is 18.6 Å². The fraction of sp³-hybridized carbons (Fsp3) is 0.577. The zero-order chi connectivity index (χ0) is 25.6. The highest BCUT2D eigenvalue weighted by Crippen LogP contribution is 2.26. The van der Waals surface area contributed by atoms with Crippen molar-refractivity contribution in [1.82, 2.24) is 25.2 Å². The van der Waals surface area contributed by atoms with Crippen molar-refractivity contribution in [2.24, 2.45) is 11.8 Å². The van der Waals surface area contributed by atoms with Crippen LogP contribution in [0.3, 0.4) is 0 Å². The second-order valence-corrected chi connectivity index (χ2v) is 10.5. The van der Waals surface area contributed by atoms with Gasteiger partial charge in [0.15, 0.2) is 0 Å². The lowest BCUT2D eigenvalue weighted by atomic mass is 9.93. The number of nitrogens with one attached hydrogen (secondary N) is 2. The fourth-order valence-electron chi connectivity index (χ4n) is 4.17. The average Bonchev–Trinajstić information content (AvgIpc) is 2.85. The van der Waals surface area contributed by atoms with Crippen LogP contribution in [-0.4, -0.2) is 64.5 Å². The molecule has 9 nitrogen and oxygen atoms in total. The van der Waals surface area contributed by atoms with Gasteiger partial charge >= 0.3 is 5.97 Å². The first kappa shape index (κ1) is 26.5. The number of esters is 1. The third-order valence-electron chi connectivity index (χ3n) is 6.00. The number of hydrogen-bond donors (Lipinski definition) is 2.